The van der Waals surface area contributed by atoms with Crippen molar-refractivity contribution in [2.24, 2.45) is 22.7 Å². The third kappa shape index (κ3) is 8.99. The monoisotopic (exact) mass is 502 g/mol. The van der Waals surface area contributed by atoms with Crippen LogP contribution in [0.15, 0.2) is 35.3 Å². The van der Waals surface area contributed by atoms with E-state index in [0.717, 1.165) is 51.5 Å². The summed E-state index contributed by atoms with van der Waals surface area (Å²) < 4.78 is 0. The zero-order valence-electron chi connectivity index (χ0n) is 17.7. The molecule has 0 radical (unpaired) electrons. The first-order chi connectivity index (χ1) is 13.1. The quantitative estimate of drug-likeness (QED) is 0.259. The highest BCUT2D eigenvalue weighted by Crippen LogP contribution is 2.23. The number of hydrogen-bond acceptors (Lipinski definition) is 3. The maximum atomic E-state index is 9.30. The summed E-state index contributed by atoms with van der Waals surface area (Å²) in [7, 11) is 0. The molecule has 0 aromatic heterocycles. The Hall–Kier alpha value is -1.02. The lowest BCUT2D eigenvalue weighted by Crippen LogP contribution is -2.40. The van der Waals surface area contributed by atoms with Gasteiger partial charge in [0.15, 0.2) is 5.96 Å². The van der Waals surface area contributed by atoms with Gasteiger partial charge in [-0.05, 0) is 56.1 Å². The Bertz CT molecular complexity index is 553. The molecular formula is C22H39IN4O. The number of benzene rings is 1. The molecule has 160 valence electrons. The molecule has 0 amide bonds. The summed E-state index contributed by atoms with van der Waals surface area (Å²) in [4.78, 5) is 7.26. The zero-order valence-corrected chi connectivity index (χ0v) is 20.1. The summed E-state index contributed by atoms with van der Waals surface area (Å²) in [6, 6.07) is 10.7. The van der Waals surface area contributed by atoms with E-state index in [1.165, 1.54) is 12.1 Å². The molecule has 1 aromatic rings. The number of aliphatic hydroxyl groups excluding tert-OH is 1. The van der Waals surface area contributed by atoms with Crippen molar-refractivity contribution in [3.8, 4) is 0 Å². The van der Waals surface area contributed by atoms with Crippen molar-refractivity contribution in [2.75, 3.05) is 44.2 Å². The highest BCUT2D eigenvalue weighted by molar-refractivity contribution is 14.0. The van der Waals surface area contributed by atoms with Gasteiger partial charge in [0.2, 0.25) is 0 Å². The summed E-state index contributed by atoms with van der Waals surface area (Å²) in [6.45, 7) is 11.6. The highest BCUT2D eigenvalue weighted by atomic mass is 127. The second-order valence-electron chi connectivity index (χ2n) is 8.04. The van der Waals surface area contributed by atoms with E-state index in [1.54, 1.807) is 0 Å². The van der Waals surface area contributed by atoms with Crippen molar-refractivity contribution in [1.82, 2.24) is 10.6 Å². The van der Waals surface area contributed by atoms with E-state index in [2.05, 4.69) is 66.6 Å². The van der Waals surface area contributed by atoms with Gasteiger partial charge in [0.1, 0.15) is 0 Å². The van der Waals surface area contributed by atoms with Crippen LogP contribution in [0.3, 0.4) is 0 Å². The molecule has 0 aliphatic carbocycles. The van der Waals surface area contributed by atoms with Crippen LogP contribution < -0.4 is 15.5 Å². The van der Waals surface area contributed by atoms with Crippen LogP contribution in [-0.4, -0.2) is 50.4 Å². The first-order valence-electron chi connectivity index (χ1n) is 10.5. The maximum Gasteiger partial charge on any atom is 0.191 e. The molecule has 0 spiro atoms. The summed E-state index contributed by atoms with van der Waals surface area (Å²) >= 11 is 0. The minimum absolute atomic E-state index is 0. The summed E-state index contributed by atoms with van der Waals surface area (Å²) in [5, 5.41) is 16.2. The number of hydrogen-bond donors (Lipinski definition) is 3. The van der Waals surface area contributed by atoms with E-state index in [1.807, 2.05) is 0 Å². The van der Waals surface area contributed by atoms with Gasteiger partial charge in [-0.15, -0.1) is 24.0 Å². The second kappa shape index (κ2) is 14.0. The van der Waals surface area contributed by atoms with Crippen LogP contribution in [0, 0.1) is 17.8 Å². The Morgan fingerprint density at radius 2 is 2.00 bits per heavy atom. The van der Waals surface area contributed by atoms with Crippen molar-refractivity contribution in [3.05, 3.63) is 30.3 Å². The van der Waals surface area contributed by atoms with Crippen LogP contribution in [-0.2, 0) is 0 Å². The Labute approximate surface area is 188 Å². The van der Waals surface area contributed by atoms with Crippen LogP contribution in [0.4, 0.5) is 5.69 Å². The molecule has 2 rings (SSSR count). The Morgan fingerprint density at radius 3 is 2.64 bits per heavy atom. The number of halogens is 1. The average molecular weight is 502 g/mol. The van der Waals surface area contributed by atoms with Gasteiger partial charge in [0.25, 0.3) is 0 Å². The molecule has 1 fully saturated rings. The van der Waals surface area contributed by atoms with Crippen molar-refractivity contribution >= 4 is 35.6 Å². The van der Waals surface area contributed by atoms with Crippen LogP contribution in [0.25, 0.3) is 0 Å². The van der Waals surface area contributed by atoms with E-state index in [9.17, 15) is 5.11 Å². The molecule has 5 nitrogen and oxygen atoms in total. The van der Waals surface area contributed by atoms with Crippen LogP contribution in [0.1, 0.15) is 40.0 Å². The molecule has 3 N–H and O–H groups in total. The van der Waals surface area contributed by atoms with E-state index < -0.39 is 0 Å². The lowest BCUT2D eigenvalue weighted by Gasteiger charge is -2.20. The fourth-order valence-electron chi connectivity index (χ4n) is 3.81. The van der Waals surface area contributed by atoms with E-state index in [4.69, 9.17) is 4.99 Å². The molecule has 6 heteroatoms. The normalized spacial score (nSPS) is 18.1. The molecule has 0 bridgehead atoms. The number of guanidine groups is 1. The first-order valence-corrected chi connectivity index (χ1v) is 10.5. The van der Waals surface area contributed by atoms with E-state index in [-0.39, 0.29) is 30.6 Å². The molecule has 0 saturated carbocycles. The number of nitrogens with zero attached hydrogens (tertiary/aromatic N) is 2. The van der Waals surface area contributed by atoms with Gasteiger partial charge in [0, 0.05) is 45.0 Å². The first kappa shape index (κ1) is 25.0. The number of aliphatic imine (C=N–C) groups is 1. The fraction of sp³-hybridized carbons (Fsp3) is 0.682. The molecule has 1 heterocycles. The summed E-state index contributed by atoms with van der Waals surface area (Å²) in [6.07, 6.45) is 3.15. The van der Waals surface area contributed by atoms with Gasteiger partial charge >= 0.3 is 0 Å². The molecule has 1 saturated heterocycles. The predicted molar refractivity (Wildman–Crippen MR) is 131 cm³/mol. The smallest absolute Gasteiger partial charge is 0.191 e. The van der Waals surface area contributed by atoms with E-state index >= 15 is 0 Å². The molecule has 28 heavy (non-hydrogen) atoms. The van der Waals surface area contributed by atoms with Gasteiger partial charge in [-0.25, -0.2) is 0 Å². The van der Waals surface area contributed by atoms with Crippen molar-refractivity contribution in [2.45, 2.75) is 40.0 Å². The average Bonchev–Trinajstić information content (AvgIpc) is 3.13. The summed E-state index contributed by atoms with van der Waals surface area (Å²) in [5.74, 6) is 2.63. The molecular weight excluding hydrogens is 463 g/mol. The van der Waals surface area contributed by atoms with Crippen molar-refractivity contribution < 1.29 is 5.11 Å². The van der Waals surface area contributed by atoms with Crippen molar-refractivity contribution in [3.63, 3.8) is 0 Å². The fourth-order valence-corrected chi connectivity index (χ4v) is 3.81. The topological polar surface area (TPSA) is 59.9 Å². The van der Waals surface area contributed by atoms with Gasteiger partial charge in [0.05, 0.1) is 0 Å². The minimum Gasteiger partial charge on any atom is -0.396 e. The zero-order chi connectivity index (χ0) is 19.5. The number of anilines is 1. The van der Waals surface area contributed by atoms with Gasteiger partial charge in [-0.2, -0.15) is 0 Å². The van der Waals surface area contributed by atoms with Crippen molar-refractivity contribution in [1.29, 1.82) is 0 Å². The van der Waals surface area contributed by atoms with Gasteiger partial charge in [-0.1, -0.05) is 32.0 Å². The standard InChI is InChI=1S/C22H38N4O.HI/c1-4-23-22(24-15-19(11-13-27)14-18(2)3)25-16-20-10-12-26(17-20)21-8-6-5-7-9-21;/h5-9,18-20,27H,4,10-17H2,1-3H3,(H2,23,24,25);1H. The number of nitrogens with one attached hydrogen (secondary N) is 2. The molecule has 2 unspecified atom stereocenters. The third-order valence-electron chi connectivity index (χ3n) is 5.16. The predicted octanol–water partition coefficient (Wildman–Crippen LogP) is 3.73. The Kier molecular flexibility index (Phi) is 12.5. The molecule has 2 atom stereocenters. The van der Waals surface area contributed by atoms with Crippen LogP contribution >= 0.6 is 24.0 Å². The lowest BCUT2D eigenvalue weighted by molar-refractivity contribution is 0.245. The minimum atomic E-state index is 0. The number of rotatable bonds is 10. The largest absolute Gasteiger partial charge is 0.396 e. The molecule has 1 aliphatic heterocycles. The van der Waals surface area contributed by atoms with Gasteiger partial charge in [-0.3, -0.25) is 4.99 Å². The Morgan fingerprint density at radius 1 is 1.25 bits per heavy atom. The van der Waals surface area contributed by atoms with Gasteiger partial charge < -0.3 is 20.6 Å². The Balaban J connectivity index is 0.00000392. The van der Waals surface area contributed by atoms with E-state index in [0.29, 0.717) is 17.8 Å². The highest BCUT2D eigenvalue weighted by Gasteiger charge is 2.22. The number of para-hydroxylation sites is 1. The van der Waals surface area contributed by atoms with Crippen LogP contribution in [0.5, 0.6) is 0 Å². The van der Waals surface area contributed by atoms with Crippen LogP contribution in [0.2, 0.25) is 0 Å². The number of aliphatic hydroxyl groups is 1. The second-order valence-corrected chi connectivity index (χ2v) is 8.04. The molecule has 1 aliphatic rings. The maximum absolute atomic E-state index is 9.30. The molecule has 1 aromatic carbocycles. The third-order valence-corrected chi connectivity index (χ3v) is 5.16. The summed E-state index contributed by atoms with van der Waals surface area (Å²) in [5.41, 5.74) is 1.32. The lowest BCUT2D eigenvalue weighted by atomic mass is 9.94. The SMILES string of the molecule is CCNC(=NCC(CCO)CC(C)C)NCC1CCN(c2ccccc2)C1.I.